The molecule has 0 rings (SSSR count). The zero-order valence-electron chi connectivity index (χ0n) is 9.21. The third-order valence-corrected chi connectivity index (χ3v) is 1.76. The minimum absolute atomic E-state index is 0.0269. The summed E-state index contributed by atoms with van der Waals surface area (Å²) in [5.74, 6) is 0.181. The highest BCUT2D eigenvalue weighted by atomic mass is 16.2. The summed E-state index contributed by atoms with van der Waals surface area (Å²) in [5.41, 5.74) is 0.0269. The van der Waals surface area contributed by atoms with Crippen LogP contribution in [0.4, 0.5) is 0 Å². The molecule has 0 N–H and O–H groups in total. The monoisotopic (exact) mass is 194 g/mol. The number of carbonyl (C=O) groups is 1. The molecule has 0 bridgehead atoms. The van der Waals surface area contributed by atoms with E-state index in [4.69, 9.17) is 5.26 Å². The molecule has 0 fully saturated rings. The van der Waals surface area contributed by atoms with Crippen LogP contribution in [0.1, 0.15) is 27.2 Å². The molecule has 0 saturated carbocycles. The van der Waals surface area contributed by atoms with Crippen LogP contribution in [0.5, 0.6) is 0 Å². The van der Waals surface area contributed by atoms with Crippen LogP contribution < -0.4 is 0 Å². The Morgan fingerprint density at radius 1 is 1.57 bits per heavy atom. The van der Waals surface area contributed by atoms with E-state index in [1.54, 1.807) is 11.0 Å². The molecule has 0 radical (unpaired) electrons. The van der Waals surface area contributed by atoms with Crippen molar-refractivity contribution >= 4 is 5.91 Å². The van der Waals surface area contributed by atoms with Gasteiger partial charge in [-0.2, -0.15) is 5.26 Å². The van der Waals surface area contributed by atoms with E-state index in [0.717, 1.165) is 6.42 Å². The molecule has 3 heteroatoms. The van der Waals surface area contributed by atoms with Crippen molar-refractivity contribution in [3.05, 3.63) is 12.2 Å². The van der Waals surface area contributed by atoms with Gasteiger partial charge in [-0.15, -0.1) is 0 Å². The van der Waals surface area contributed by atoms with Gasteiger partial charge >= 0.3 is 0 Å². The lowest BCUT2D eigenvalue weighted by atomic mass is 10.2. The molecule has 0 aromatic heterocycles. The summed E-state index contributed by atoms with van der Waals surface area (Å²) in [6, 6.07) is 1.79. The first kappa shape index (κ1) is 12.7. The first-order valence-corrected chi connectivity index (χ1v) is 4.91. The van der Waals surface area contributed by atoms with Gasteiger partial charge in [0, 0.05) is 13.1 Å². The van der Waals surface area contributed by atoms with E-state index in [0.29, 0.717) is 19.0 Å². The molecule has 0 heterocycles. The summed E-state index contributed by atoms with van der Waals surface area (Å²) < 4.78 is 0. The Morgan fingerprint density at radius 2 is 2.14 bits per heavy atom. The van der Waals surface area contributed by atoms with E-state index in [-0.39, 0.29) is 11.5 Å². The van der Waals surface area contributed by atoms with Gasteiger partial charge in [0.25, 0.3) is 5.91 Å². The second-order valence-corrected chi connectivity index (χ2v) is 3.74. The maximum absolute atomic E-state index is 11.6. The molecule has 0 saturated heterocycles. The highest BCUT2D eigenvalue weighted by Crippen LogP contribution is 2.04. The molecule has 0 aromatic carbocycles. The number of hydrogen-bond acceptors (Lipinski definition) is 2. The van der Waals surface area contributed by atoms with Gasteiger partial charge in [-0.25, -0.2) is 0 Å². The van der Waals surface area contributed by atoms with E-state index < -0.39 is 0 Å². The number of amides is 1. The molecule has 0 unspecified atom stereocenters. The van der Waals surface area contributed by atoms with Crippen molar-refractivity contribution in [1.29, 1.82) is 5.26 Å². The summed E-state index contributed by atoms with van der Waals surface area (Å²) in [6.07, 6.45) is 0.900. The van der Waals surface area contributed by atoms with E-state index in [1.807, 2.05) is 20.8 Å². The standard InChI is InChI=1S/C11H18N2O/c1-5-6-13(8-9(2)3)11(14)10(4)7-12/h9H,4-6,8H2,1-3H3. The average Bonchev–Trinajstić information content (AvgIpc) is 2.14. The summed E-state index contributed by atoms with van der Waals surface area (Å²) in [4.78, 5) is 13.3. The fraction of sp³-hybridized carbons (Fsp3) is 0.636. The molecule has 0 aromatic rings. The molecular weight excluding hydrogens is 176 g/mol. The molecule has 78 valence electrons. The van der Waals surface area contributed by atoms with Crippen molar-refractivity contribution in [1.82, 2.24) is 4.90 Å². The van der Waals surface area contributed by atoms with E-state index in [9.17, 15) is 4.79 Å². The smallest absolute Gasteiger partial charge is 0.263 e. The van der Waals surface area contributed by atoms with Crippen molar-refractivity contribution in [3.8, 4) is 6.07 Å². The van der Waals surface area contributed by atoms with Gasteiger partial charge in [0.1, 0.15) is 11.6 Å². The highest BCUT2D eigenvalue weighted by Gasteiger charge is 2.16. The van der Waals surface area contributed by atoms with Crippen LogP contribution >= 0.6 is 0 Å². The molecular formula is C11H18N2O. The zero-order valence-corrected chi connectivity index (χ0v) is 9.21. The fourth-order valence-electron chi connectivity index (χ4n) is 1.23. The number of hydrogen-bond donors (Lipinski definition) is 0. The Labute approximate surface area is 86.0 Å². The lowest BCUT2D eigenvalue weighted by Gasteiger charge is -2.23. The predicted molar refractivity (Wildman–Crippen MR) is 56.5 cm³/mol. The van der Waals surface area contributed by atoms with Crippen LogP contribution in [0, 0.1) is 17.2 Å². The van der Waals surface area contributed by atoms with Gasteiger partial charge in [-0.1, -0.05) is 27.4 Å². The SMILES string of the molecule is C=C(C#N)C(=O)N(CCC)CC(C)C. The Bertz CT molecular complexity index is 251. The third kappa shape index (κ3) is 4.08. The molecule has 14 heavy (non-hydrogen) atoms. The summed E-state index contributed by atoms with van der Waals surface area (Å²) in [6.45, 7) is 10.9. The second-order valence-electron chi connectivity index (χ2n) is 3.74. The number of nitrogens with zero attached hydrogens (tertiary/aromatic N) is 2. The van der Waals surface area contributed by atoms with Crippen LogP contribution in [0.25, 0.3) is 0 Å². The third-order valence-electron chi connectivity index (χ3n) is 1.76. The van der Waals surface area contributed by atoms with Crippen LogP contribution in [-0.2, 0) is 4.79 Å². The van der Waals surface area contributed by atoms with Gasteiger partial charge in [0.15, 0.2) is 0 Å². The summed E-state index contributed by atoms with van der Waals surface area (Å²) in [7, 11) is 0. The van der Waals surface area contributed by atoms with Crippen molar-refractivity contribution in [3.63, 3.8) is 0 Å². The lowest BCUT2D eigenvalue weighted by Crippen LogP contribution is -2.35. The Balaban J connectivity index is 4.42. The summed E-state index contributed by atoms with van der Waals surface area (Å²) in [5, 5.41) is 8.56. The number of nitriles is 1. The van der Waals surface area contributed by atoms with Crippen LogP contribution in [0.15, 0.2) is 12.2 Å². The molecule has 0 aliphatic heterocycles. The fourth-order valence-corrected chi connectivity index (χ4v) is 1.23. The maximum atomic E-state index is 11.6. The molecule has 1 amide bonds. The highest BCUT2D eigenvalue weighted by molar-refractivity contribution is 5.96. The van der Waals surface area contributed by atoms with Crippen molar-refractivity contribution < 1.29 is 4.79 Å². The first-order valence-electron chi connectivity index (χ1n) is 4.91. The lowest BCUT2D eigenvalue weighted by molar-refractivity contribution is -0.127. The Morgan fingerprint density at radius 3 is 2.50 bits per heavy atom. The van der Waals surface area contributed by atoms with Crippen molar-refractivity contribution in [2.75, 3.05) is 13.1 Å². The first-order chi connectivity index (χ1) is 6.52. The van der Waals surface area contributed by atoms with Crippen LogP contribution in [-0.4, -0.2) is 23.9 Å². The normalized spacial score (nSPS) is 9.64. The molecule has 3 nitrogen and oxygen atoms in total. The minimum Gasteiger partial charge on any atom is -0.338 e. The Kier molecular flexibility index (Phi) is 5.62. The molecule has 0 atom stereocenters. The predicted octanol–water partition coefficient (Wildman–Crippen LogP) is 1.96. The average molecular weight is 194 g/mol. The second kappa shape index (κ2) is 6.20. The molecule has 0 aliphatic carbocycles. The number of rotatable bonds is 5. The molecule has 0 spiro atoms. The van der Waals surface area contributed by atoms with E-state index >= 15 is 0 Å². The zero-order chi connectivity index (χ0) is 11.1. The maximum Gasteiger partial charge on any atom is 0.263 e. The number of carbonyl (C=O) groups excluding carboxylic acids is 1. The minimum atomic E-state index is -0.233. The quantitative estimate of drug-likeness (QED) is 0.496. The summed E-state index contributed by atoms with van der Waals surface area (Å²) >= 11 is 0. The topological polar surface area (TPSA) is 44.1 Å². The van der Waals surface area contributed by atoms with Gasteiger partial charge < -0.3 is 4.90 Å². The van der Waals surface area contributed by atoms with E-state index in [2.05, 4.69) is 6.58 Å². The van der Waals surface area contributed by atoms with Gasteiger partial charge in [-0.3, -0.25) is 4.79 Å². The van der Waals surface area contributed by atoms with Crippen molar-refractivity contribution in [2.24, 2.45) is 5.92 Å². The van der Waals surface area contributed by atoms with Gasteiger partial charge in [0.05, 0.1) is 0 Å². The molecule has 0 aliphatic rings. The van der Waals surface area contributed by atoms with E-state index in [1.165, 1.54) is 0 Å². The van der Waals surface area contributed by atoms with Crippen molar-refractivity contribution in [2.45, 2.75) is 27.2 Å². The van der Waals surface area contributed by atoms with Crippen LogP contribution in [0.2, 0.25) is 0 Å². The van der Waals surface area contributed by atoms with Gasteiger partial charge in [-0.05, 0) is 12.3 Å². The van der Waals surface area contributed by atoms with Crippen LogP contribution in [0.3, 0.4) is 0 Å². The van der Waals surface area contributed by atoms with Gasteiger partial charge in [0.2, 0.25) is 0 Å². The largest absolute Gasteiger partial charge is 0.338 e. The Hall–Kier alpha value is -1.30.